The zero-order valence-electron chi connectivity index (χ0n) is 14.7. The second-order valence-electron chi connectivity index (χ2n) is 6.99. The second kappa shape index (κ2) is 6.56. The van der Waals surface area contributed by atoms with E-state index >= 15 is 0 Å². The van der Waals surface area contributed by atoms with Gasteiger partial charge in [-0.3, -0.25) is 9.59 Å². The predicted octanol–water partition coefficient (Wildman–Crippen LogP) is 3.33. The molecule has 4 nitrogen and oxygen atoms in total. The Kier molecular flexibility index (Phi) is 4.23. The molecule has 2 heterocycles. The average Bonchev–Trinajstić information content (AvgIpc) is 3.13. The van der Waals surface area contributed by atoms with Crippen molar-refractivity contribution in [3.8, 4) is 11.1 Å². The quantitative estimate of drug-likeness (QED) is 0.832. The highest BCUT2D eigenvalue weighted by molar-refractivity contribution is 6.03. The molecule has 2 aromatic rings. The van der Waals surface area contributed by atoms with Gasteiger partial charge in [-0.25, -0.2) is 4.39 Å². The normalized spacial score (nSPS) is 22.5. The second-order valence-corrected chi connectivity index (χ2v) is 6.99. The zero-order chi connectivity index (χ0) is 18.3. The summed E-state index contributed by atoms with van der Waals surface area (Å²) in [7, 11) is 0. The molecule has 0 radical (unpaired) electrons. The van der Waals surface area contributed by atoms with Crippen LogP contribution in [0.15, 0.2) is 48.5 Å². The van der Waals surface area contributed by atoms with Crippen LogP contribution >= 0.6 is 0 Å². The van der Waals surface area contributed by atoms with Crippen LogP contribution in [0.2, 0.25) is 0 Å². The predicted molar refractivity (Wildman–Crippen MR) is 97.1 cm³/mol. The van der Waals surface area contributed by atoms with Crippen LogP contribution in [0, 0.1) is 5.82 Å². The first kappa shape index (κ1) is 16.8. The van der Waals surface area contributed by atoms with Crippen molar-refractivity contribution in [3.63, 3.8) is 0 Å². The first-order chi connectivity index (χ1) is 12.6. The molecule has 134 valence electrons. The molecule has 2 fully saturated rings. The minimum atomic E-state index is -0.495. The van der Waals surface area contributed by atoms with Crippen LogP contribution in [-0.4, -0.2) is 46.8 Å². The largest absolute Gasteiger partial charge is 0.336 e. The summed E-state index contributed by atoms with van der Waals surface area (Å²) >= 11 is 0. The summed E-state index contributed by atoms with van der Waals surface area (Å²) in [5.41, 5.74) is 1.39. The molecule has 0 aromatic heterocycles. The van der Waals surface area contributed by atoms with Crippen molar-refractivity contribution >= 4 is 11.8 Å². The molecule has 5 heteroatoms. The molecule has 0 N–H and O–H groups in total. The van der Waals surface area contributed by atoms with Crippen LogP contribution in [0.1, 0.15) is 30.1 Å². The summed E-state index contributed by atoms with van der Waals surface area (Å²) in [4.78, 5) is 29.5. The summed E-state index contributed by atoms with van der Waals surface area (Å²) in [6.45, 7) is 3.10. The molecular formula is C21H21FN2O2. The van der Waals surface area contributed by atoms with Crippen LogP contribution in [0.3, 0.4) is 0 Å². The number of benzene rings is 2. The van der Waals surface area contributed by atoms with E-state index in [1.165, 1.54) is 6.07 Å². The summed E-state index contributed by atoms with van der Waals surface area (Å²) in [6, 6.07) is 13.1. The minimum Gasteiger partial charge on any atom is -0.336 e. The first-order valence-electron chi connectivity index (χ1n) is 9.03. The van der Waals surface area contributed by atoms with E-state index < -0.39 is 6.04 Å². The number of nitrogens with zero attached hydrogens (tertiary/aromatic N) is 2. The van der Waals surface area contributed by atoms with Gasteiger partial charge < -0.3 is 9.80 Å². The number of fused-ring (bicyclic) bond motifs is 1. The van der Waals surface area contributed by atoms with Crippen LogP contribution in [0.5, 0.6) is 0 Å². The molecule has 2 aliphatic heterocycles. The molecule has 2 saturated heterocycles. The number of hydrogen-bond acceptors (Lipinski definition) is 2. The van der Waals surface area contributed by atoms with E-state index in [0.717, 1.165) is 19.4 Å². The van der Waals surface area contributed by atoms with Crippen LogP contribution < -0.4 is 0 Å². The van der Waals surface area contributed by atoms with Gasteiger partial charge in [0.1, 0.15) is 11.9 Å². The van der Waals surface area contributed by atoms with Gasteiger partial charge in [-0.15, -0.1) is 0 Å². The van der Waals surface area contributed by atoms with Crippen molar-refractivity contribution in [1.82, 2.24) is 9.80 Å². The highest BCUT2D eigenvalue weighted by Gasteiger charge is 2.42. The lowest BCUT2D eigenvalue weighted by Crippen LogP contribution is -2.60. The van der Waals surface area contributed by atoms with Gasteiger partial charge in [0.05, 0.1) is 0 Å². The molecule has 2 aliphatic rings. The lowest BCUT2D eigenvalue weighted by atomic mass is 9.97. The number of carbonyl (C=O) groups excluding carboxylic acids is 2. The smallest absolute Gasteiger partial charge is 0.255 e. The highest BCUT2D eigenvalue weighted by Crippen LogP contribution is 2.30. The van der Waals surface area contributed by atoms with Crippen LogP contribution in [0.25, 0.3) is 11.1 Å². The summed E-state index contributed by atoms with van der Waals surface area (Å²) < 4.78 is 14.3. The van der Waals surface area contributed by atoms with Crippen LogP contribution in [0.4, 0.5) is 4.39 Å². The Morgan fingerprint density at radius 3 is 2.54 bits per heavy atom. The van der Waals surface area contributed by atoms with E-state index in [0.29, 0.717) is 23.2 Å². The maximum Gasteiger partial charge on any atom is 0.255 e. The molecule has 4 rings (SSSR count). The molecule has 0 bridgehead atoms. The van der Waals surface area contributed by atoms with Crippen molar-refractivity contribution in [1.29, 1.82) is 0 Å². The Labute approximate surface area is 152 Å². The SMILES string of the molecule is C[C@@H]1C(=O)N2CCC[C@@H]2CN1C(=O)c1ccccc1-c1ccccc1F. The Balaban J connectivity index is 1.71. The number of halogens is 1. The van der Waals surface area contributed by atoms with E-state index in [2.05, 4.69) is 0 Å². The fourth-order valence-corrected chi connectivity index (χ4v) is 4.07. The van der Waals surface area contributed by atoms with Gasteiger partial charge in [-0.05, 0) is 37.5 Å². The maximum absolute atomic E-state index is 14.3. The maximum atomic E-state index is 14.3. The summed E-state index contributed by atoms with van der Waals surface area (Å²) in [5.74, 6) is -0.566. The fraction of sp³-hybridized carbons (Fsp3) is 0.333. The van der Waals surface area contributed by atoms with E-state index in [-0.39, 0.29) is 23.7 Å². The lowest BCUT2D eigenvalue weighted by molar-refractivity contribution is -0.141. The van der Waals surface area contributed by atoms with Gasteiger partial charge in [0.25, 0.3) is 5.91 Å². The standard InChI is InChI=1S/C21H21FN2O2/c1-14-20(25)23-12-6-7-15(23)13-24(14)21(26)18-10-3-2-8-16(18)17-9-4-5-11-19(17)22/h2-5,8-11,14-15H,6-7,12-13H2,1H3/t14-,15-/m1/s1. The highest BCUT2D eigenvalue weighted by atomic mass is 19.1. The molecular weight excluding hydrogens is 331 g/mol. The van der Waals surface area contributed by atoms with Crippen molar-refractivity contribution in [3.05, 3.63) is 59.9 Å². The van der Waals surface area contributed by atoms with E-state index in [9.17, 15) is 14.0 Å². The van der Waals surface area contributed by atoms with Crippen molar-refractivity contribution in [2.24, 2.45) is 0 Å². The van der Waals surface area contributed by atoms with Crippen LogP contribution in [-0.2, 0) is 4.79 Å². The minimum absolute atomic E-state index is 0.00970. The third-order valence-corrected chi connectivity index (χ3v) is 5.47. The van der Waals surface area contributed by atoms with E-state index in [4.69, 9.17) is 0 Å². The summed E-state index contributed by atoms with van der Waals surface area (Å²) in [6.07, 6.45) is 1.91. The number of piperazine rings is 1. The summed E-state index contributed by atoms with van der Waals surface area (Å²) in [5, 5.41) is 0. The Morgan fingerprint density at radius 1 is 1.08 bits per heavy atom. The molecule has 0 aliphatic carbocycles. The third-order valence-electron chi connectivity index (χ3n) is 5.47. The Hall–Kier alpha value is -2.69. The van der Waals surface area contributed by atoms with Crippen molar-refractivity contribution in [2.45, 2.75) is 31.8 Å². The lowest BCUT2D eigenvalue weighted by Gasteiger charge is -2.41. The number of carbonyl (C=O) groups is 2. The molecule has 0 saturated carbocycles. The first-order valence-corrected chi connectivity index (χ1v) is 9.03. The van der Waals surface area contributed by atoms with Gasteiger partial charge in [0.2, 0.25) is 5.91 Å². The molecule has 26 heavy (non-hydrogen) atoms. The number of amides is 2. The topological polar surface area (TPSA) is 40.6 Å². The van der Waals surface area contributed by atoms with E-state index in [1.807, 2.05) is 4.90 Å². The molecule has 2 atom stereocenters. The van der Waals surface area contributed by atoms with Gasteiger partial charge in [0.15, 0.2) is 0 Å². The van der Waals surface area contributed by atoms with E-state index in [1.54, 1.807) is 54.3 Å². The molecule has 0 spiro atoms. The van der Waals surface area contributed by atoms with Gasteiger partial charge in [0, 0.05) is 30.3 Å². The third kappa shape index (κ3) is 2.68. The monoisotopic (exact) mass is 352 g/mol. The number of rotatable bonds is 2. The molecule has 2 amide bonds. The fourth-order valence-electron chi connectivity index (χ4n) is 4.07. The molecule has 2 aromatic carbocycles. The Morgan fingerprint density at radius 2 is 1.77 bits per heavy atom. The Bertz CT molecular complexity index is 867. The van der Waals surface area contributed by atoms with Gasteiger partial charge in [-0.2, -0.15) is 0 Å². The van der Waals surface area contributed by atoms with Gasteiger partial charge >= 0.3 is 0 Å². The molecule has 0 unspecified atom stereocenters. The van der Waals surface area contributed by atoms with Gasteiger partial charge in [-0.1, -0.05) is 36.4 Å². The zero-order valence-corrected chi connectivity index (χ0v) is 14.7. The average molecular weight is 352 g/mol. The van der Waals surface area contributed by atoms with Crippen molar-refractivity contribution in [2.75, 3.05) is 13.1 Å². The number of hydrogen-bond donors (Lipinski definition) is 0. The van der Waals surface area contributed by atoms with Crippen molar-refractivity contribution < 1.29 is 14.0 Å².